The van der Waals surface area contributed by atoms with Crippen LogP contribution in [0.4, 0.5) is 10.5 Å². The fraction of sp³-hybridized carbons (Fsp3) is 0.100. The SMILES string of the molecule is C[C@@H](C(=O)Nc1ccccc1-c1ccccc1)N1C(=O)NC(c2ccccc2)(c2ccccc2)C1=O. The van der Waals surface area contributed by atoms with Crippen molar-refractivity contribution in [2.75, 3.05) is 5.32 Å². The van der Waals surface area contributed by atoms with Crippen LogP contribution in [-0.4, -0.2) is 28.8 Å². The Hall–Kier alpha value is -4.71. The van der Waals surface area contributed by atoms with Crippen LogP contribution in [0.15, 0.2) is 115 Å². The Kier molecular flexibility index (Phi) is 6.09. The summed E-state index contributed by atoms with van der Waals surface area (Å²) in [5.41, 5.74) is 2.22. The van der Waals surface area contributed by atoms with Gasteiger partial charge in [0, 0.05) is 11.3 Å². The lowest BCUT2D eigenvalue weighted by Crippen LogP contribution is -2.48. The average Bonchev–Trinajstić information content (AvgIpc) is 3.20. The summed E-state index contributed by atoms with van der Waals surface area (Å²) in [5.74, 6) is -0.956. The van der Waals surface area contributed by atoms with Crippen molar-refractivity contribution in [3.8, 4) is 11.1 Å². The average molecular weight is 476 g/mol. The summed E-state index contributed by atoms with van der Waals surface area (Å²) in [5, 5.41) is 5.82. The summed E-state index contributed by atoms with van der Waals surface area (Å²) in [4.78, 5) is 41.6. The summed E-state index contributed by atoms with van der Waals surface area (Å²) in [6.45, 7) is 1.56. The van der Waals surface area contributed by atoms with E-state index in [2.05, 4.69) is 10.6 Å². The van der Waals surface area contributed by atoms with E-state index in [9.17, 15) is 14.4 Å². The van der Waals surface area contributed by atoms with Crippen molar-refractivity contribution in [3.05, 3.63) is 126 Å². The van der Waals surface area contributed by atoms with Gasteiger partial charge in [-0.05, 0) is 29.7 Å². The number of urea groups is 1. The Bertz CT molecular complexity index is 1370. The standard InChI is InChI=1S/C30H25N3O3/c1-21(27(34)31-26-20-12-11-19-25(26)22-13-5-2-6-14-22)33-28(35)30(32-29(33)36,23-15-7-3-8-16-23)24-17-9-4-10-18-24/h2-21H,1H3,(H,31,34)(H,32,36)/t21-/m0/s1. The first kappa shape index (κ1) is 23.1. The second-order valence-electron chi connectivity index (χ2n) is 8.66. The normalized spacial score (nSPS) is 15.3. The number of anilines is 1. The lowest BCUT2D eigenvalue weighted by Gasteiger charge is -2.29. The van der Waals surface area contributed by atoms with Crippen molar-refractivity contribution in [3.63, 3.8) is 0 Å². The minimum absolute atomic E-state index is 0.459. The number of para-hydroxylation sites is 1. The number of imide groups is 1. The minimum atomic E-state index is -1.42. The molecular weight excluding hydrogens is 450 g/mol. The molecule has 4 aromatic rings. The fourth-order valence-electron chi connectivity index (χ4n) is 4.65. The van der Waals surface area contributed by atoms with E-state index in [1.165, 1.54) is 0 Å². The van der Waals surface area contributed by atoms with E-state index in [1.807, 2.05) is 84.9 Å². The molecule has 2 N–H and O–H groups in total. The van der Waals surface area contributed by atoms with E-state index in [4.69, 9.17) is 0 Å². The number of rotatable bonds is 6. The van der Waals surface area contributed by atoms with E-state index in [0.717, 1.165) is 16.0 Å². The zero-order chi connectivity index (χ0) is 25.1. The van der Waals surface area contributed by atoms with Crippen LogP contribution in [0, 0.1) is 0 Å². The molecule has 5 rings (SSSR count). The first-order valence-electron chi connectivity index (χ1n) is 11.7. The summed E-state index contributed by atoms with van der Waals surface area (Å²) in [6, 6.07) is 33.7. The molecule has 1 heterocycles. The Morgan fingerprint density at radius 3 is 1.83 bits per heavy atom. The predicted octanol–water partition coefficient (Wildman–Crippen LogP) is 5.18. The topological polar surface area (TPSA) is 78.5 Å². The number of nitrogens with one attached hydrogen (secondary N) is 2. The Labute approximate surface area is 209 Å². The van der Waals surface area contributed by atoms with E-state index in [-0.39, 0.29) is 0 Å². The van der Waals surface area contributed by atoms with Crippen molar-refractivity contribution in [2.45, 2.75) is 18.5 Å². The molecule has 36 heavy (non-hydrogen) atoms. The van der Waals surface area contributed by atoms with Gasteiger partial charge in [0.2, 0.25) is 5.91 Å². The lowest BCUT2D eigenvalue weighted by atomic mass is 9.82. The third-order valence-electron chi connectivity index (χ3n) is 6.50. The van der Waals surface area contributed by atoms with Gasteiger partial charge in [0.05, 0.1) is 0 Å². The quantitative estimate of drug-likeness (QED) is 0.378. The van der Waals surface area contributed by atoms with E-state index in [1.54, 1.807) is 37.3 Å². The minimum Gasteiger partial charge on any atom is -0.324 e. The van der Waals surface area contributed by atoms with Gasteiger partial charge in [-0.15, -0.1) is 0 Å². The lowest BCUT2D eigenvalue weighted by molar-refractivity contribution is -0.135. The summed E-state index contributed by atoms with van der Waals surface area (Å²) >= 11 is 0. The number of hydrogen-bond acceptors (Lipinski definition) is 3. The molecule has 1 aliphatic rings. The van der Waals surface area contributed by atoms with Crippen LogP contribution in [-0.2, 0) is 15.1 Å². The molecule has 6 heteroatoms. The fourth-order valence-corrected chi connectivity index (χ4v) is 4.65. The number of carbonyl (C=O) groups is 3. The molecule has 0 aromatic heterocycles. The smallest absolute Gasteiger partial charge is 0.324 e. The van der Waals surface area contributed by atoms with Crippen LogP contribution in [0.2, 0.25) is 0 Å². The maximum Gasteiger partial charge on any atom is 0.326 e. The first-order valence-corrected chi connectivity index (χ1v) is 11.7. The zero-order valence-electron chi connectivity index (χ0n) is 19.7. The van der Waals surface area contributed by atoms with Gasteiger partial charge < -0.3 is 10.6 Å². The Balaban J connectivity index is 1.47. The monoisotopic (exact) mass is 475 g/mol. The summed E-state index contributed by atoms with van der Waals surface area (Å²) in [7, 11) is 0. The maximum absolute atomic E-state index is 14.0. The molecule has 178 valence electrons. The molecule has 6 nitrogen and oxygen atoms in total. The van der Waals surface area contributed by atoms with Crippen molar-refractivity contribution in [1.29, 1.82) is 0 Å². The molecule has 0 spiro atoms. The van der Waals surface area contributed by atoms with Gasteiger partial charge in [0.15, 0.2) is 5.54 Å². The van der Waals surface area contributed by atoms with Crippen LogP contribution in [0.25, 0.3) is 11.1 Å². The molecule has 0 unspecified atom stereocenters. The molecule has 0 radical (unpaired) electrons. The zero-order valence-corrected chi connectivity index (χ0v) is 19.7. The van der Waals surface area contributed by atoms with Crippen molar-refractivity contribution in [1.82, 2.24) is 10.2 Å². The highest BCUT2D eigenvalue weighted by atomic mass is 16.2. The molecule has 4 amide bonds. The van der Waals surface area contributed by atoms with E-state index >= 15 is 0 Å². The van der Waals surface area contributed by atoms with Gasteiger partial charge in [0.1, 0.15) is 6.04 Å². The van der Waals surface area contributed by atoms with Gasteiger partial charge in [-0.2, -0.15) is 0 Å². The largest absolute Gasteiger partial charge is 0.326 e. The number of nitrogens with zero attached hydrogens (tertiary/aromatic N) is 1. The maximum atomic E-state index is 14.0. The van der Waals surface area contributed by atoms with Crippen LogP contribution < -0.4 is 10.6 Å². The highest BCUT2D eigenvalue weighted by Gasteiger charge is 2.55. The third-order valence-corrected chi connectivity index (χ3v) is 6.50. The van der Waals surface area contributed by atoms with Gasteiger partial charge >= 0.3 is 6.03 Å². The summed E-state index contributed by atoms with van der Waals surface area (Å²) < 4.78 is 0. The second-order valence-corrected chi connectivity index (χ2v) is 8.66. The summed E-state index contributed by atoms with van der Waals surface area (Å²) in [6.07, 6.45) is 0. The second kappa shape index (κ2) is 9.50. The van der Waals surface area contributed by atoms with Crippen LogP contribution in [0.3, 0.4) is 0 Å². The Morgan fingerprint density at radius 2 is 1.25 bits per heavy atom. The number of hydrogen-bond donors (Lipinski definition) is 2. The molecule has 0 aliphatic carbocycles. The third kappa shape index (κ3) is 3.92. The molecule has 0 bridgehead atoms. The van der Waals surface area contributed by atoms with E-state index in [0.29, 0.717) is 16.8 Å². The van der Waals surface area contributed by atoms with Gasteiger partial charge in [-0.3, -0.25) is 9.59 Å². The van der Waals surface area contributed by atoms with Crippen molar-refractivity contribution >= 4 is 23.5 Å². The number of amides is 4. The highest BCUT2D eigenvalue weighted by Crippen LogP contribution is 2.37. The molecule has 1 saturated heterocycles. The molecule has 1 atom stereocenters. The molecular formula is C30H25N3O3. The highest BCUT2D eigenvalue weighted by molar-refractivity contribution is 6.13. The Morgan fingerprint density at radius 1 is 0.750 bits per heavy atom. The number of benzene rings is 4. The van der Waals surface area contributed by atoms with Crippen molar-refractivity contribution in [2.24, 2.45) is 0 Å². The molecule has 1 aliphatic heterocycles. The van der Waals surface area contributed by atoms with Crippen LogP contribution in [0.1, 0.15) is 18.1 Å². The molecule has 0 saturated carbocycles. The van der Waals surface area contributed by atoms with E-state index < -0.39 is 29.4 Å². The van der Waals surface area contributed by atoms with Crippen LogP contribution >= 0.6 is 0 Å². The van der Waals surface area contributed by atoms with Crippen LogP contribution in [0.5, 0.6) is 0 Å². The van der Waals surface area contributed by atoms with Gasteiger partial charge in [0.25, 0.3) is 5.91 Å². The number of carbonyl (C=O) groups excluding carboxylic acids is 3. The van der Waals surface area contributed by atoms with Gasteiger partial charge in [-0.25, -0.2) is 9.69 Å². The molecule has 1 fully saturated rings. The predicted molar refractivity (Wildman–Crippen MR) is 139 cm³/mol. The first-order chi connectivity index (χ1) is 17.5. The van der Waals surface area contributed by atoms with Gasteiger partial charge in [-0.1, -0.05) is 109 Å². The molecule has 4 aromatic carbocycles. The van der Waals surface area contributed by atoms with Crippen molar-refractivity contribution < 1.29 is 14.4 Å².